The summed E-state index contributed by atoms with van der Waals surface area (Å²) in [6, 6.07) is 6.81. The summed E-state index contributed by atoms with van der Waals surface area (Å²) in [7, 11) is 0. The molecule has 2 saturated carbocycles. The van der Waals surface area contributed by atoms with Crippen molar-refractivity contribution in [2.75, 3.05) is 6.61 Å². The zero-order valence-corrected chi connectivity index (χ0v) is 15.9. The molecule has 3 aliphatic carbocycles. The lowest BCUT2D eigenvalue weighted by Crippen LogP contribution is -2.34. The van der Waals surface area contributed by atoms with E-state index in [-0.39, 0.29) is 0 Å². The van der Waals surface area contributed by atoms with Crippen LogP contribution < -0.4 is 4.74 Å². The lowest BCUT2D eigenvalue weighted by atomic mass is 9.61. The van der Waals surface area contributed by atoms with Gasteiger partial charge in [0.1, 0.15) is 5.75 Å². The maximum absolute atomic E-state index is 5.69. The van der Waals surface area contributed by atoms with Gasteiger partial charge in [-0.15, -0.1) is 6.58 Å². The zero-order valence-electron chi connectivity index (χ0n) is 15.9. The van der Waals surface area contributed by atoms with Gasteiger partial charge < -0.3 is 4.74 Å². The number of aryl methyl sites for hydroxylation is 1. The monoisotopic (exact) mass is 338 g/mol. The molecule has 1 aromatic rings. The number of rotatable bonds is 4. The van der Waals surface area contributed by atoms with Crippen molar-refractivity contribution < 1.29 is 4.74 Å². The summed E-state index contributed by atoms with van der Waals surface area (Å²) >= 11 is 0. The zero-order chi connectivity index (χ0) is 17.2. The lowest BCUT2D eigenvalue weighted by molar-refractivity contribution is 0.0811. The molecule has 2 fully saturated rings. The van der Waals surface area contributed by atoms with Crippen LogP contribution in [0.3, 0.4) is 0 Å². The molecule has 0 amide bonds. The lowest BCUT2D eigenvalue weighted by Gasteiger charge is -2.44. The molecular formula is C24H34O. The maximum Gasteiger partial charge on any atom is 0.119 e. The molecule has 0 aliphatic heterocycles. The van der Waals surface area contributed by atoms with E-state index in [0.29, 0.717) is 0 Å². The molecule has 1 aromatic carbocycles. The summed E-state index contributed by atoms with van der Waals surface area (Å²) in [4.78, 5) is 0. The smallest absolute Gasteiger partial charge is 0.119 e. The molecule has 4 rings (SSSR count). The predicted octanol–water partition coefficient (Wildman–Crippen LogP) is 6.21. The number of fused-ring (bicyclic) bond motifs is 2. The van der Waals surface area contributed by atoms with Crippen LogP contribution in [-0.2, 0) is 12.8 Å². The van der Waals surface area contributed by atoms with E-state index in [2.05, 4.69) is 37.8 Å². The first kappa shape index (κ1) is 17.2. The first-order valence-corrected chi connectivity index (χ1v) is 10.6. The van der Waals surface area contributed by atoms with Gasteiger partial charge in [0.05, 0.1) is 6.61 Å². The van der Waals surface area contributed by atoms with Crippen molar-refractivity contribution in [2.24, 2.45) is 29.6 Å². The number of benzene rings is 1. The molecule has 0 saturated heterocycles. The Labute approximate surface area is 153 Å². The van der Waals surface area contributed by atoms with Crippen molar-refractivity contribution in [3.05, 3.63) is 42.0 Å². The first-order chi connectivity index (χ1) is 12.3. The third-order valence-electron chi connectivity index (χ3n) is 7.45. The molecule has 0 N–H and O–H groups in total. The van der Waals surface area contributed by atoms with Crippen molar-refractivity contribution in [3.63, 3.8) is 0 Å². The summed E-state index contributed by atoms with van der Waals surface area (Å²) in [6.07, 6.45) is 14.9. The Morgan fingerprint density at radius 3 is 2.52 bits per heavy atom. The van der Waals surface area contributed by atoms with Crippen LogP contribution in [-0.4, -0.2) is 6.61 Å². The molecule has 0 radical (unpaired) electrons. The summed E-state index contributed by atoms with van der Waals surface area (Å²) in [6.45, 7) is 6.87. The van der Waals surface area contributed by atoms with E-state index >= 15 is 0 Å². The number of allylic oxidation sites excluding steroid dienone is 1. The van der Waals surface area contributed by atoms with Gasteiger partial charge in [0.15, 0.2) is 0 Å². The molecule has 3 aliphatic rings. The van der Waals surface area contributed by atoms with E-state index in [0.717, 1.165) is 41.9 Å². The number of hydrogen-bond donors (Lipinski definition) is 0. The fourth-order valence-corrected chi connectivity index (χ4v) is 6.02. The minimum absolute atomic E-state index is 0.763. The highest BCUT2D eigenvalue weighted by molar-refractivity contribution is 5.37. The molecule has 1 heteroatoms. The van der Waals surface area contributed by atoms with Gasteiger partial charge >= 0.3 is 0 Å². The fourth-order valence-electron chi connectivity index (χ4n) is 6.02. The van der Waals surface area contributed by atoms with Crippen LogP contribution in [0.2, 0.25) is 0 Å². The third-order valence-corrected chi connectivity index (χ3v) is 7.45. The minimum Gasteiger partial charge on any atom is -0.494 e. The van der Waals surface area contributed by atoms with E-state index in [9.17, 15) is 0 Å². The quantitative estimate of drug-likeness (QED) is 0.593. The highest BCUT2D eigenvalue weighted by atomic mass is 16.5. The van der Waals surface area contributed by atoms with Crippen molar-refractivity contribution in [3.8, 4) is 5.75 Å². The molecule has 0 bridgehead atoms. The summed E-state index contributed by atoms with van der Waals surface area (Å²) in [5.41, 5.74) is 3.14. The maximum atomic E-state index is 5.69. The van der Waals surface area contributed by atoms with Gasteiger partial charge in [-0.3, -0.25) is 0 Å². The number of ether oxygens (including phenoxy) is 1. The van der Waals surface area contributed by atoms with Crippen molar-refractivity contribution in [1.82, 2.24) is 0 Å². The van der Waals surface area contributed by atoms with Crippen LogP contribution in [0, 0.1) is 29.6 Å². The second-order valence-electron chi connectivity index (χ2n) is 8.77. The van der Waals surface area contributed by atoms with Crippen LogP contribution >= 0.6 is 0 Å². The van der Waals surface area contributed by atoms with Gasteiger partial charge in [-0.1, -0.05) is 12.1 Å². The Morgan fingerprint density at radius 1 is 0.960 bits per heavy atom. The molecule has 5 unspecified atom stereocenters. The van der Waals surface area contributed by atoms with E-state index in [1.807, 2.05) is 0 Å². The Hall–Kier alpha value is -1.24. The largest absolute Gasteiger partial charge is 0.494 e. The second kappa shape index (κ2) is 7.56. The fraction of sp³-hybridized carbons (Fsp3) is 0.667. The summed E-state index contributed by atoms with van der Waals surface area (Å²) in [5.74, 6) is 5.76. The Kier molecular flexibility index (Phi) is 5.20. The van der Waals surface area contributed by atoms with Crippen LogP contribution in [0.5, 0.6) is 5.75 Å². The first-order valence-electron chi connectivity index (χ1n) is 10.6. The van der Waals surface area contributed by atoms with Gasteiger partial charge in [0.2, 0.25) is 0 Å². The summed E-state index contributed by atoms with van der Waals surface area (Å²) < 4.78 is 5.69. The van der Waals surface area contributed by atoms with Gasteiger partial charge in [-0.05, 0) is 118 Å². The molecular weight excluding hydrogens is 304 g/mol. The number of hydrogen-bond acceptors (Lipinski definition) is 1. The molecule has 0 spiro atoms. The van der Waals surface area contributed by atoms with Crippen molar-refractivity contribution >= 4 is 0 Å². The van der Waals surface area contributed by atoms with Gasteiger partial charge in [-0.25, -0.2) is 0 Å². The topological polar surface area (TPSA) is 9.23 Å². The molecule has 1 nitrogen and oxygen atoms in total. The molecule has 0 heterocycles. The van der Waals surface area contributed by atoms with E-state index in [1.165, 1.54) is 57.8 Å². The van der Waals surface area contributed by atoms with Crippen LogP contribution in [0.15, 0.2) is 30.9 Å². The second-order valence-corrected chi connectivity index (χ2v) is 8.77. The summed E-state index contributed by atoms with van der Waals surface area (Å²) in [5, 5.41) is 0. The Morgan fingerprint density at radius 2 is 1.72 bits per heavy atom. The minimum atomic E-state index is 0.763. The third kappa shape index (κ3) is 3.66. The van der Waals surface area contributed by atoms with E-state index in [1.54, 1.807) is 11.1 Å². The molecule has 0 aromatic heterocycles. The highest BCUT2D eigenvalue weighted by Crippen LogP contribution is 2.48. The van der Waals surface area contributed by atoms with Crippen LogP contribution in [0.4, 0.5) is 0 Å². The van der Waals surface area contributed by atoms with E-state index < -0.39 is 0 Å². The van der Waals surface area contributed by atoms with Crippen LogP contribution in [0.1, 0.15) is 63.0 Å². The predicted molar refractivity (Wildman–Crippen MR) is 105 cm³/mol. The Balaban J connectivity index is 1.38. The molecule has 25 heavy (non-hydrogen) atoms. The highest BCUT2D eigenvalue weighted by Gasteiger charge is 2.38. The SMILES string of the molecule is C=CC1CCC2CC(C3CCc4cc(OCC)ccc4C3)CCC2C1. The van der Waals surface area contributed by atoms with Crippen molar-refractivity contribution in [2.45, 2.75) is 64.7 Å². The normalized spacial score (nSPS) is 34.7. The standard InChI is InChI=1S/C24H34O/c1-3-17-5-6-19-14-20(8-7-18(19)13-17)21-9-10-23-16-24(25-4-2)12-11-22(23)15-21/h3,11-12,16-21H,1,4-10,13-15H2,2H3. The average molecular weight is 339 g/mol. The van der Waals surface area contributed by atoms with Gasteiger partial charge in [-0.2, -0.15) is 0 Å². The Bertz CT molecular complexity index is 604. The van der Waals surface area contributed by atoms with Gasteiger partial charge in [0.25, 0.3) is 0 Å². The molecule has 5 atom stereocenters. The average Bonchev–Trinajstić information content (AvgIpc) is 2.67. The molecule has 136 valence electrons. The van der Waals surface area contributed by atoms with E-state index in [4.69, 9.17) is 4.74 Å². The van der Waals surface area contributed by atoms with Crippen LogP contribution in [0.25, 0.3) is 0 Å². The van der Waals surface area contributed by atoms with Crippen molar-refractivity contribution in [1.29, 1.82) is 0 Å². The van der Waals surface area contributed by atoms with Gasteiger partial charge in [0, 0.05) is 0 Å².